The lowest BCUT2D eigenvalue weighted by atomic mass is 9.88. The van der Waals surface area contributed by atoms with E-state index >= 15 is 0 Å². The molecule has 0 N–H and O–H groups in total. The molecule has 0 heteroatoms. The molecule has 17 heavy (non-hydrogen) atoms. The monoisotopic (exact) mass is 242 g/mol. The number of rotatable bonds is 1. The molecule has 0 unspecified atom stereocenters. The van der Waals surface area contributed by atoms with Gasteiger partial charge in [0.1, 0.15) is 0 Å². The van der Waals surface area contributed by atoms with Crippen molar-refractivity contribution in [3.63, 3.8) is 0 Å². The van der Waals surface area contributed by atoms with E-state index in [-0.39, 0.29) is 22.3 Å². The first kappa shape index (κ1) is 25.4. The van der Waals surface area contributed by atoms with E-state index in [1.807, 2.05) is 6.92 Å². The first-order valence-electron chi connectivity index (χ1n) is 6.13. The van der Waals surface area contributed by atoms with Crippen molar-refractivity contribution in [2.45, 2.75) is 88.5 Å². The van der Waals surface area contributed by atoms with Gasteiger partial charge in [0.05, 0.1) is 0 Å². The minimum absolute atomic E-state index is 0. The second-order valence-electron chi connectivity index (χ2n) is 4.46. The van der Waals surface area contributed by atoms with E-state index in [0.717, 1.165) is 5.92 Å². The molecule has 0 radical (unpaired) electrons. The summed E-state index contributed by atoms with van der Waals surface area (Å²) in [6.07, 6.45) is 8.93. The van der Waals surface area contributed by atoms with Crippen LogP contribution in [0.15, 0.2) is 0 Å². The Hall–Kier alpha value is -0.440. The third kappa shape index (κ3) is 18.1. The molecule has 0 aromatic carbocycles. The first-order chi connectivity index (χ1) is 6.70. The summed E-state index contributed by atoms with van der Waals surface area (Å²) in [5.74, 6) is 7.40. The van der Waals surface area contributed by atoms with Crippen molar-refractivity contribution in [1.82, 2.24) is 0 Å². The highest BCUT2D eigenvalue weighted by Crippen LogP contribution is 2.25. The topological polar surface area (TPSA) is 0 Å². The fourth-order valence-corrected chi connectivity index (χ4v) is 1.88. The Balaban J connectivity index is -0.0000000873. The third-order valence-electron chi connectivity index (χ3n) is 2.74. The van der Waals surface area contributed by atoms with Gasteiger partial charge in [-0.05, 0) is 12.8 Å². The van der Waals surface area contributed by atoms with Crippen LogP contribution in [0.3, 0.4) is 0 Å². The Kier molecular flexibility index (Phi) is 26.8. The fourth-order valence-electron chi connectivity index (χ4n) is 1.88. The largest absolute Gasteiger partial charge is 0.106 e. The Morgan fingerprint density at radius 3 is 1.65 bits per heavy atom. The van der Waals surface area contributed by atoms with Crippen molar-refractivity contribution in [3.8, 4) is 11.8 Å². The Morgan fingerprint density at radius 1 is 1.00 bits per heavy atom. The van der Waals surface area contributed by atoms with Crippen molar-refractivity contribution < 1.29 is 0 Å². The van der Waals surface area contributed by atoms with Gasteiger partial charge in [0, 0.05) is 5.92 Å². The minimum atomic E-state index is 0. The molecule has 1 fully saturated rings. The summed E-state index contributed by atoms with van der Waals surface area (Å²) in [5, 5.41) is 0. The summed E-state index contributed by atoms with van der Waals surface area (Å²) in [5.41, 5.74) is 0. The van der Waals surface area contributed by atoms with Crippen LogP contribution in [0.5, 0.6) is 0 Å². The first-order valence-corrected chi connectivity index (χ1v) is 6.13. The van der Waals surface area contributed by atoms with Gasteiger partial charge in [0.25, 0.3) is 0 Å². The molecular formula is C17H38. The van der Waals surface area contributed by atoms with Gasteiger partial charge < -0.3 is 0 Å². The maximum atomic E-state index is 2.96. The third-order valence-corrected chi connectivity index (χ3v) is 2.74. The van der Waals surface area contributed by atoms with E-state index in [2.05, 4.69) is 32.6 Å². The van der Waals surface area contributed by atoms with Crippen LogP contribution in [0.4, 0.5) is 0 Å². The van der Waals surface area contributed by atoms with Crippen LogP contribution in [0.2, 0.25) is 0 Å². The molecule has 0 bridgehead atoms. The summed E-state index contributed by atoms with van der Waals surface area (Å²) in [4.78, 5) is 0. The van der Waals surface area contributed by atoms with Gasteiger partial charge >= 0.3 is 0 Å². The lowest BCUT2D eigenvalue weighted by molar-refractivity contribution is 0.349. The van der Waals surface area contributed by atoms with Crippen LogP contribution in [0.25, 0.3) is 0 Å². The summed E-state index contributed by atoms with van der Waals surface area (Å²) in [6.45, 7) is 8.34. The zero-order valence-electron chi connectivity index (χ0n) is 10.4. The fraction of sp³-hybridized carbons (Fsp3) is 0.882. The Morgan fingerprint density at radius 2 is 1.47 bits per heavy atom. The van der Waals surface area contributed by atoms with Crippen molar-refractivity contribution in [3.05, 3.63) is 0 Å². The van der Waals surface area contributed by atoms with Crippen LogP contribution in [0, 0.1) is 23.7 Å². The van der Waals surface area contributed by atoms with Crippen LogP contribution in [-0.2, 0) is 0 Å². The van der Waals surface area contributed by atoms with E-state index in [4.69, 9.17) is 0 Å². The van der Waals surface area contributed by atoms with Crippen molar-refractivity contribution in [1.29, 1.82) is 0 Å². The molecule has 106 valence electrons. The molecular weight excluding hydrogens is 204 g/mol. The van der Waals surface area contributed by atoms with E-state index in [1.165, 1.54) is 38.5 Å². The zero-order valence-corrected chi connectivity index (χ0v) is 10.4. The summed E-state index contributed by atoms with van der Waals surface area (Å²) < 4.78 is 0. The average molecular weight is 242 g/mol. The van der Waals surface area contributed by atoms with Gasteiger partial charge in [-0.3, -0.25) is 0 Å². The van der Waals surface area contributed by atoms with Crippen LogP contribution in [0.1, 0.15) is 88.5 Å². The molecule has 0 nitrogen and oxygen atoms in total. The molecule has 0 spiro atoms. The van der Waals surface area contributed by atoms with Crippen molar-refractivity contribution >= 4 is 0 Å². The SMILES string of the molecule is C.C.C.CC#CC(C)C.CCC1CCCCC1. The minimum Gasteiger partial charge on any atom is -0.106 e. The zero-order chi connectivity index (χ0) is 10.8. The molecule has 0 amide bonds. The Bertz CT molecular complexity index is 162. The van der Waals surface area contributed by atoms with Crippen LogP contribution < -0.4 is 0 Å². The molecule has 1 aliphatic carbocycles. The second-order valence-corrected chi connectivity index (χ2v) is 4.46. The van der Waals surface area contributed by atoms with Gasteiger partial charge in [-0.1, -0.05) is 81.6 Å². The van der Waals surface area contributed by atoms with E-state index in [9.17, 15) is 0 Å². The van der Waals surface area contributed by atoms with Gasteiger partial charge in [0.2, 0.25) is 0 Å². The second kappa shape index (κ2) is 17.9. The molecule has 1 aliphatic rings. The standard InChI is InChI=1S/C8H16.C6H10.3CH4/c1-2-8-6-4-3-5-7-8;1-4-5-6(2)3;;;/h8H,2-7H2,1H3;6H,1-3H3;3*1H4. The lowest BCUT2D eigenvalue weighted by Crippen LogP contribution is -2.03. The molecule has 0 atom stereocenters. The van der Waals surface area contributed by atoms with Crippen molar-refractivity contribution in [2.75, 3.05) is 0 Å². The highest BCUT2D eigenvalue weighted by molar-refractivity contribution is 4.97. The molecule has 1 saturated carbocycles. The van der Waals surface area contributed by atoms with Gasteiger partial charge in [-0.15, -0.1) is 11.8 Å². The average Bonchev–Trinajstić information content (AvgIpc) is 2.20. The lowest BCUT2D eigenvalue weighted by Gasteiger charge is -2.18. The van der Waals surface area contributed by atoms with E-state index in [1.54, 1.807) is 0 Å². The number of hydrogen-bond acceptors (Lipinski definition) is 0. The highest BCUT2D eigenvalue weighted by Gasteiger charge is 2.09. The van der Waals surface area contributed by atoms with Crippen molar-refractivity contribution in [2.24, 2.45) is 11.8 Å². The predicted molar refractivity (Wildman–Crippen MR) is 85.3 cm³/mol. The molecule has 1 rings (SSSR count). The van der Waals surface area contributed by atoms with Gasteiger partial charge in [0.15, 0.2) is 0 Å². The maximum absolute atomic E-state index is 2.96. The maximum Gasteiger partial charge on any atom is 0.0146 e. The predicted octanol–water partition coefficient (Wildman–Crippen LogP) is 6.55. The molecule has 0 heterocycles. The quantitative estimate of drug-likeness (QED) is 0.457. The summed E-state index contributed by atoms with van der Waals surface area (Å²) >= 11 is 0. The summed E-state index contributed by atoms with van der Waals surface area (Å²) in [7, 11) is 0. The van der Waals surface area contributed by atoms with E-state index in [0.29, 0.717) is 5.92 Å². The van der Waals surface area contributed by atoms with E-state index < -0.39 is 0 Å². The molecule has 0 aliphatic heterocycles. The van der Waals surface area contributed by atoms with Gasteiger partial charge in [-0.25, -0.2) is 0 Å². The van der Waals surface area contributed by atoms with Crippen LogP contribution >= 0.6 is 0 Å². The molecule has 0 aromatic heterocycles. The normalized spacial score (nSPS) is 13.7. The smallest absolute Gasteiger partial charge is 0.0146 e. The van der Waals surface area contributed by atoms with Crippen LogP contribution in [-0.4, -0.2) is 0 Å². The Labute approximate surface area is 113 Å². The molecule has 0 aromatic rings. The highest BCUT2D eigenvalue weighted by atomic mass is 14.2. The molecule has 0 saturated heterocycles. The number of hydrogen-bond donors (Lipinski definition) is 0. The summed E-state index contributed by atoms with van der Waals surface area (Å²) in [6, 6.07) is 0. The van der Waals surface area contributed by atoms with Gasteiger partial charge in [-0.2, -0.15) is 0 Å².